The van der Waals surface area contributed by atoms with E-state index >= 15 is 0 Å². The van der Waals surface area contributed by atoms with E-state index in [0.717, 1.165) is 6.42 Å². The van der Waals surface area contributed by atoms with Crippen molar-refractivity contribution in [1.82, 2.24) is 10.2 Å². The SMILES string of the molecule is CCCNC(=O)[C@H]1[C@H]2C(=O)N(CCO)C(C(=O)Nc3ccc(OC)cc3)C23CC(C)[C@]1(C)O3. The lowest BCUT2D eigenvalue weighted by atomic mass is 9.62. The van der Waals surface area contributed by atoms with E-state index in [0.29, 0.717) is 24.4 Å². The Hall–Kier alpha value is -2.65. The van der Waals surface area contributed by atoms with Crippen molar-refractivity contribution in [1.29, 1.82) is 0 Å². The molecule has 0 saturated carbocycles. The Morgan fingerprint density at radius 1 is 1.27 bits per heavy atom. The van der Waals surface area contributed by atoms with Crippen LogP contribution in [0.2, 0.25) is 0 Å². The van der Waals surface area contributed by atoms with E-state index < -0.39 is 35.0 Å². The van der Waals surface area contributed by atoms with Gasteiger partial charge in [-0.25, -0.2) is 0 Å². The largest absolute Gasteiger partial charge is 0.497 e. The van der Waals surface area contributed by atoms with Gasteiger partial charge in [0.15, 0.2) is 0 Å². The molecule has 6 atom stereocenters. The van der Waals surface area contributed by atoms with E-state index in [1.807, 2.05) is 20.8 Å². The predicted octanol–water partition coefficient (Wildman–Crippen LogP) is 1.16. The highest BCUT2D eigenvalue weighted by molar-refractivity contribution is 6.03. The zero-order valence-corrected chi connectivity index (χ0v) is 19.6. The van der Waals surface area contributed by atoms with Gasteiger partial charge in [-0.3, -0.25) is 14.4 Å². The Kier molecular flexibility index (Phi) is 6.13. The Morgan fingerprint density at radius 2 is 1.97 bits per heavy atom. The third-order valence-electron chi connectivity index (χ3n) is 7.59. The molecule has 1 spiro atoms. The van der Waals surface area contributed by atoms with Crippen molar-refractivity contribution in [3.63, 3.8) is 0 Å². The number of carbonyl (C=O) groups is 3. The second-order valence-corrected chi connectivity index (χ2v) is 9.47. The Morgan fingerprint density at radius 3 is 2.58 bits per heavy atom. The Bertz CT molecular complexity index is 937. The molecule has 0 radical (unpaired) electrons. The first-order chi connectivity index (χ1) is 15.7. The number of aliphatic hydroxyl groups is 1. The number of carbonyl (C=O) groups excluding carboxylic acids is 3. The zero-order valence-electron chi connectivity index (χ0n) is 19.6. The van der Waals surface area contributed by atoms with Crippen molar-refractivity contribution in [3.05, 3.63) is 24.3 Å². The number of likely N-dealkylation sites (tertiary alicyclic amines) is 1. The van der Waals surface area contributed by atoms with Crippen LogP contribution in [-0.2, 0) is 19.1 Å². The van der Waals surface area contributed by atoms with E-state index in [9.17, 15) is 19.5 Å². The molecule has 9 nitrogen and oxygen atoms in total. The van der Waals surface area contributed by atoms with Gasteiger partial charge in [0.25, 0.3) is 0 Å². The van der Waals surface area contributed by atoms with Crippen LogP contribution in [0.5, 0.6) is 5.75 Å². The summed E-state index contributed by atoms with van der Waals surface area (Å²) < 4.78 is 11.7. The number of fused-ring (bicyclic) bond motifs is 1. The highest BCUT2D eigenvalue weighted by Gasteiger charge is 2.79. The summed E-state index contributed by atoms with van der Waals surface area (Å²) in [7, 11) is 1.56. The number of rotatable bonds is 8. The second kappa shape index (κ2) is 8.61. The molecule has 3 aliphatic rings. The lowest BCUT2D eigenvalue weighted by Crippen LogP contribution is -2.54. The number of benzene rings is 1. The van der Waals surface area contributed by atoms with Gasteiger partial charge in [0.1, 0.15) is 17.4 Å². The summed E-state index contributed by atoms with van der Waals surface area (Å²) in [5.74, 6) is -1.75. The maximum absolute atomic E-state index is 13.6. The smallest absolute Gasteiger partial charge is 0.250 e. The number of β-amino-alcohol motifs (C(OH)–C–C–N with tert-alkyl or cyclic N) is 1. The molecule has 4 rings (SSSR count). The number of aliphatic hydroxyl groups excluding tert-OH is 1. The predicted molar refractivity (Wildman–Crippen MR) is 120 cm³/mol. The van der Waals surface area contributed by atoms with Crippen LogP contribution in [0.4, 0.5) is 5.69 Å². The third kappa shape index (κ3) is 3.49. The summed E-state index contributed by atoms with van der Waals surface area (Å²) in [6.07, 6.45) is 1.26. The molecule has 0 aliphatic carbocycles. The first-order valence-electron chi connectivity index (χ1n) is 11.6. The summed E-state index contributed by atoms with van der Waals surface area (Å²) >= 11 is 0. The van der Waals surface area contributed by atoms with Gasteiger partial charge >= 0.3 is 0 Å². The fourth-order valence-corrected chi connectivity index (χ4v) is 6.03. The average molecular weight is 460 g/mol. The standard InChI is InChI=1S/C24H33N3O6/c1-5-10-25-20(29)17-18-22(31)27(11-12-28)19(24(18)13-14(2)23(17,3)33-24)21(30)26-15-6-8-16(32-4)9-7-15/h6-9,14,17-19,28H,5,10-13H2,1-4H3,(H,25,29)(H,26,30)/t14?,17-,18+,19?,23+,24?/m1/s1. The number of amides is 3. The quantitative estimate of drug-likeness (QED) is 0.537. The number of hydrogen-bond acceptors (Lipinski definition) is 6. The van der Waals surface area contributed by atoms with Crippen molar-refractivity contribution >= 4 is 23.4 Å². The molecular formula is C24H33N3O6. The van der Waals surface area contributed by atoms with Crippen LogP contribution in [0.1, 0.15) is 33.6 Å². The maximum atomic E-state index is 13.6. The fourth-order valence-electron chi connectivity index (χ4n) is 6.03. The molecule has 3 fully saturated rings. The van der Waals surface area contributed by atoms with Gasteiger partial charge in [0.2, 0.25) is 17.7 Å². The van der Waals surface area contributed by atoms with Crippen LogP contribution < -0.4 is 15.4 Å². The molecular weight excluding hydrogens is 426 g/mol. The molecule has 3 amide bonds. The number of nitrogens with zero attached hydrogens (tertiary/aromatic N) is 1. The second-order valence-electron chi connectivity index (χ2n) is 9.47. The molecule has 3 aliphatic heterocycles. The first-order valence-corrected chi connectivity index (χ1v) is 11.6. The van der Waals surface area contributed by atoms with Gasteiger partial charge in [-0.1, -0.05) is 13.8 Å². The molecule has 3 unspecified atom stereocenters. The summed E-state index contributed by atoms with van der Waals surface area (Å²) in [5.41, 5.74) is -1.41. The Balaban J connectivity index is 1.70. The van der Waals surface area contributed by atoms with Gasteiger partial charge < -0.3 is 30.1 Å². The average Bonchev–Trinajstić information content (AvgIpc) is 3.30. The van der Waals surface area contributed by atoms with Crippen LogP contribution >= 0.6 is 0 Å². The number of nitrogens with one attached hydrogen (secondary N) is 2. The van der Waals surface area contributed by atoms with Gasteiger partial charge in [-0.05, 0) is 49.9 Å². The van der Waals surface area contributed by atoms with Crippen LogP contribution in [0.3, 0.4) is 0 Å². The van der Waals surface area contributed by atoms with Crippen LogP contribution in [0.25, 0.3) is 0 Å². The van der Waals surface area contributed by atoms with Crippen molar-refractivity contribution in [2.24, 2.45) is 17.8 Å². The van der Waals surface area contributed by atoms with Crippen molar-refractivity contribution in [2.45, 2.75) is 50.9 Å². The minimum Gasteiger partial charge on any atom is -0.497 e. The van der Waals surface area contributed by atoms with E-state index in [1.165, 1.54) is 4.90 Å². The number of hydrogen-bond donors (Lipinski definition) is 3. The number of ether oxygens (including phenoxy) is 2. The molecule has 3 heterocycles. The van der Waals surface area contributed by atoms with E-state index in [1.54, 1.807) is 31.4 Å². The molecule has 1 aromatic rings. The maximum Gasteiger partial charge on any atom is 0.250 e. The molecule has 180 valence electrons. The lowest BCUT2D eigenvalue weighted by Gasteiger charge is -2.36. The first kappa shape index (κ1) is 23.5. The molecule has 1 aromatic carbocycles. The van der Waals surface area contributed by atoms with Gasteiger partial charge in [-0.15, -0.1) is 0 Å². The fraction of sp³-hybridized carbons (Fsp3) is 0.625. The van der Waals surface area contributed by atoms with E-state index in [4.69, 9.17) is 9.47 Å². The van der Waals surface area contributed by atoms with Gasteiger partial charge in [-0.2, -0.15) is 0 Å². The number of methoxy groups -OCH3 is 1. The van der Waals surface area contributed by atoms with Crippen LogP contribution in [0.15, 0.2) is 24.3 Å². The van der Waals surface area contributed by atoms with E-state index in [2.05, 4.69) is 10.6 Å². The minimum absolute atomic E-state index is 0.00443. The summed E-state index contributed by atoms with van der Waals surface area (Å²) in [6, 6.07) is 5.96. The minimum atomic E-state index is -1.12. The Labute approximate surface area is 193 Å². The van der Waals surface area contributed by atoms with Crippen molar-refractivity contribution in [3.8, 4) is 5.75 Å². The summed E-state index contributed by atoms with van der Waals surface area (Å²) in [5, 5.41) is 15.5. The van der Waals surface area contributed by atoms with Crippen LogP contribution in [0, 0.1) is 17.8 Å². The molecule has 2 bridgehead atoms. The zero-order chi connectivity index (χ0) is 24.0. The highest BCUT2D eigenvalue weighted by Crippen LogP contribution is 2.65. The molecule has 9 heteroatoms. The molecule has 3 N–H and O–H groups in total. The topological polar surface area (TPSA) is 117 Å². The number of anilines is 1. The van der Waals surface area contributed by atoms with Gasteiger partial charge in [0.05, 0.1) is 31.2 Å². The summed E-state index contributed by atoms with van der Waals surface area (Å²) in [6.45, 7) is 6.06. The van der Waals surface area contributed by atoms with Crippen molar-refractivity contribution in [2.75, 3.05) is 32.1 Å². The monoisotopic (exact) mass is 459 g/mol. The third-order valence-corrected chi connectivity index (χ3v) is 7.59. The normalized spacial score (nSPS) is 34.3. The summed E-state index contributed by atoms with van der Waals surface area (Å²) in [4.78, 5) is 41.8. The molecule has 33 heavy (non-hydrogen) atoms. The molecule has 0 aromatic heterocycles. The van der Waals surface area contributed by atoms with Gasteiger partial charge in [0, 0.05) is 18.8 Å². The van der Waals surface area contributed by atoms with E-state index in [-0.39, 0.29) is 30.9 Å². The highest BCUT2D eigenvalue weighted by atomic mass is 16.5. The van der Waals surface area contributed by atoms with Crippen LogP contribution in [-0.4, -0.2) is 71.8 Å². The molecule has 3 saturated heterocycles. The van der Waals surface area contributed by atoms with Crippen molar-refractivity contribution < 1.29 is 29.0 Å². The lowest BCUT2D eigenvalue weighted by molar-refractivity contribution is -0.146.